The van der Waals surface area contributed by atoms with E-state index in [1.165, 1.54) is 5.56 Å². The van der Waals surface area contributed by atoms with E-state index in [0.717, 1.165) is 59.7 Å². The van der Waals surface area contributed by atoms with Crippen LogP contribution in [0.15, 0.2) is 59.8 Å². The topological polar surface area (TPSA) is 71.2 Å². The number of oxime groups is 1. The Morgan fingerprint density at radius 1 is 1.09 bits per heavy atom. The predicted octanol–water partition coefficient (Wildman–Crippen LogP) is 6.12. The number of aromatic nitrogens is 2. The number of hydrogen-bond acceptors (Lipinski definition) is 5. The van der Waals surface area contributed by atoms with Gasteiger partial charge in [-0.15, -0.1) is 0 Å². The van der Waals surface area contributed by atoms with Gasteiger partial charge in [-0.3, -0.25) is 4.98 Å². The smallest absolute Gasteiger partial charge is 0.117 e. The van der Waals surface area contributed by atoms with Crippen LogP contribution in [0.1, 0.15) is 49.3 Å². The van der Waals surface area contributed by atoms with Crippen LogP contribution in [0, 0.1) is 11.3 Å². The number of aryl methyl sites for hydroxylation is 1. The van der Waals surface area contributed by atoms with Crippen molar-refractivity contribution in [1.29, 1.82) is 5.41 Å². The SMILES string of the molecule is CC(=N)c1cccc(CCCO/N=C2\CC(C)Cc3ccc(-c4ccc(Cl)cc4)nc32)n1. The average molecular weight is 447 g/mol. The number of pyridine rings is 2. The summed E-state index contributed by atoms with van der Waals surface area (Å²) in [7, 11) is 0. The van der Waals surface area contributed by atoms with Crippen LogP contribution < -0.4 is 0 Å². The Bertz CT molecular complexity index is 1140. The number of benzene rings is 1. The van der Waals surface area contributed by atoms with E-state index in [1.807, 2.05) is 42.5 Å². The van der Waals surface area contributed by atoms with Crippen LogP contribution in [-0.2, 0) is 17.7 Å². The van der Waals surface area contributed by atoms with Crippen LogP contribution in [0.3, 0.4) is 0 Å². The number of nitrogens with zero attached hydrogens (tertiary/aromatic N) is 3. The maximum Gasteiger partial charge on any atom is 0.117 e. The van der Waals surface area contributed by atoms with Gasteiger partial charge in [0.05, 0.1) is 22.8 Å². The van der Waals surface area contributed by atoms with Gasteiger partial charge in [0.1, 0.15) is 12.3 Å². The van der Waals surface area contributed by atoms with E-state index in [9.17, 15) is 0 Å². The van der Waals surface area contributed by atoms with E-state index in [2.05, 4.69) is 29.2 Å². The Morgan fingerprint density at radius 3 is 2.69 bits per heavy atom. The highest BCUT2D eigenvalue weighted by Gasteiger charge is 2.23. The number of hydrogen-bond donors (Lipinski definition) is 1. The van der Waals surface area contributed by atoms with Crippen LogP contribution in [0.25, 0.3) is 11.3 Å². The molecule has 1 N–H and O–H groups in total. The molecule has 6 heteroatoms. The average Bonchev–Trinajstić information content (AvgIpc) is 2.79. The summed E-state index contributed by atoms with van der Waals surface area (Å²) in [4.78, 5) is 15.1. The standard InChI is InChI=1S/C26H27ClN4O/c1-17-15-20-10-13-24(19-8-11-21(27)12-9-19)30-26(20)25(16-17)31-32-14-4-6-22-5-3-7-23(29-22)18(2)28/h3,5,7-13,17,28H,4,6,14-16H2,1-2H3/b28-18?,31-25+. The van der Waals surface area contributed by atoms with E-state index in [1.54, 1.807) is 6.92 Å². The second-order valence-corrected chi connectivity index (χ2v) is 8.77. The lowest BCUT2D eigenvalue weighted by atomic mass is 9.86. The third-order valence-corrected chi connectivity index (χ3v) is 5.79. The molecule has 0 bridgehead atoms. The van der Waals surface area contributed by atoms with E-state index in [0.29, 0.717) is 23.3 Å². The number of fused-ring (bicyclic) bond motifs is 1. The predicted molar refractivity (Wildman–Crippen MR) is 130 cm³/mol. The molecule has 32 heavy (non-hydrogen) atoms. The zero-order valence-corrected chi connectivity index (χ0v) is 19.2. The lowest BCUT2D eigenvalue weighted by molar-refractivity contribution is 0.140. The first-order chi connectivity index (χ1) is 15.5. The quantitative estimate of drug-likeness (QED) is 0.270. The van der Waals surface area contributed by atoms with Crippen molar-refractivity contribution in [2.24, 2.45) is 11.1 Å². The maximum atomic E-state index is 7.73. The number of rotatable bonds is 7. The summed E-state index contributed by atoms with van der Waals surface area (Å²) in [5.74, 6) is 0.504. The molecular formula is C26H27ClN4O. The molecule has 0 radical (unpaired) electrons. The maximum absolute atomic E-state index is 7.73. The summed E-state index contributed by atoms with van der Waals surface area (Å²) in [5.41, 5.74) is 7.17. The normalized spacial score (nSPS) is 16.6. The van der Waals surface area contributed by atoms with Crippen LogP contribution in [0.5, 0.6) is 0 Å². The van der Waals surface area contributed by atoms with Crippen molar-refractivity contribution in [3.8, 4) is 11.3 Å². The second kappa shape index (κ2) is 10.0. The van der Waals surface area contributed by atoms with E-state index in [4.69, 9.17) is 26.8 Å². The summed E-state index contributed by atoms with van der Waals surface area (Å²) >= 11 is 6.03. The van der Waals surface area contributed by atoms with Crippen molar-refractivity contribution >= 4 is 23.0 Å². The lowest BCUT2D eigenvalue weighted by Gasteiger charge is -2.22. The molecule has 0 saturated carbocycles. The first kappa shape index (κ1) is 22.2. The molecule has 2 aromatic heterocycles. The third kappa shape index (κ3) is 5.40. The first-order valence-electron chi connectivity index (χ1n) is 11.0. The Labute approximate surface area is 194 Å². The van der Waals surface area contributed by atoms with Crippen molar-refractivity contribution in [3.05, 3.63) is 82.3 Å². The summed E-state index contributed by atoms with van der Waals surface area (Å²) < 4.78 is 0. The van der Waals surface area contributed by atoms with Crippen molar-refractivity contribution in [3.63, 3.8) is 0 Å². The molecule has 5 nitrogen and oxygen atoms in total. The van der Waals surface area contributed by atoms with E-state index in [-0.39, 0.29) is 0 Å². The fourth-order valence-electron chi connectivity index (χ4n) is 3.91. The molecule has 0 aliphatic heterocycles. The second-order valence-electron chi connectivity index (χ2n) is 8.34. The van der Waals surface area contributed by atoms with Gasteiger partial charge in [-0.2, -0.15) is 0 Å². The Morgan fingerprint density at radius 2 is 1.91 bits per heavy atom. The van der Waals surface area contributed by atoms with E-state index < -0.39 is 0 Å². The van der Waals surface area contributed by atoms with Gasteiger partial charge in [-0.1, -0.05) is 47.9 Å². The molecule has 164 valence electrons. The Balaban J connectivity index is 1.43. The highest BCUT2D eigenvalue weighted by Crippen LogP contribution is 2.28. The minimum atomic E-state index is 0.477. The van der Waals surface area contributed by atoms with Gasteiger partial charge >= 0.3 is 0 Å². The van der Waals surface area contributed by atoms with Gasteiger partial charge in [-0.25, -0.2) is 4.98 Å². The van der Waals surface area contributed by atoms with Crippen molar-refractivity contribution < 1.29 is 4.84 Å². The van der Waals surface area contributed by atoms with E-state index >= 15 is 0 Å². The van der Waals surface area contributed by atoms with Gasteiger partial charge in [0.25, 0.3) is 0 Å². The summed E-state index contributed by atoms with van der Waals surface area (Å²) in [6.45, 7) is 4.50. The molecule has 0 saturated heterocycles. The summed E-state index contributed by atoms with van der Waals surface area (Å²) in [6.07, 6.45) is 3.45. The van der Waals surface area contributed by atoms with Crippen LogP contribution in [0.2, 0.25) is 5.02 Å². The highest BCUT2D eigenvalue weighted by atomic mass is 35.5. The van der Waals surface area contributed by atoms with Gasteiger partial charge in [0, 0.05) is 16.3 Å². The minimum absolute atomic E-state index is 0.477. The molecule has 1 aliphatic carbocycles. The molecule has 3 aromatic rings. The minimum Gasteiger partial charge on any atom is -0.396 e. The molecule has 0 spiro atoms. The summed E-state index contributed by atoms with van der Waals surface area (Å²) in [6, 6.07) is 17.7. The molecule has 4 rings (SSSR count). The van der Waals surface area contributed by atoms with Crippen molar-refractivity contribution in [1.82, 2.24) is 9.97 Å². The van der Waals surface area contributed by atoms with Crippen LogP contribution in [0.4, 0.5) is 0 Å². The summed E-state index contributed by atoms with van der Waals surface area (Å²) in [5, 5.41) is 12.9. The van der Waals surface area contributed by atoms with Gasteiger partial charge in [-0.05, 0) is 74.4 Å². The lowest BCUT2D eigenvalue weighted by Crippen LogP contribution is -2.21. The molecule has 2 heterocycles. The molecule has 1 aliphatic rings. The molecular weight excluding hydrogens is 420 g/mol. The fourth-order valence-corrected chi connectivity index (χ4v) is 4.03. The molecule has 0 fully saturated rings. The van der Waals surface area contributed by atoms with Crippen LogP contribution in [-0.4, -0.2) is 28.0 Å². The number of nitrogens with one attached hydrogen (secondary N) is 1. The Kier molecular flexibility index (Phi) is 6.96. The zero-order chi connectivity index (χ0) is 22.5. The largest absolute Gasteiger partial charge is 0.396 e. The molecule has 1 aromatic carbocycles. The molecule has 1 atom stereocenters. The monoisotopic (exact) mass is 446 g/mol. The van der Waals surface area contributed by atoms with Crippen molar-refractivity contribution in [2.75, 3.05) is 6.61 Å². The van der Waals surface area contributed by atoms with Crippen LogP contribution >= 0.6 is 11.6 Å². The van der Waals surface area contributed by atoms with Gasteiger partial charge in [0.15, 0.2) is 0 Å². The zero-order valence-electron chi connectivity index (χ0n) is 18.4. The highest BCUT2D eigenvalue weighted by molar-refractivity contribution is 6.30. The van der Waals surface area contributed by atoms with Gasteiger partial charge < -0.3 is 10.2 Å². The van der Waals surface area contributed by atoms with Crippen molar-refractivity contribution in [2.45, 2.75) is 39.5 Å². The first-order valence-corrected chi connectivity index (χ1v) is 11.3. The molecule has 0 amide bonds. The Hall–Kier alpha value is -3.05. The van der Waals surface area contributed by atoms with Gasteiger partial charge in [0.2, 0.25) is 0 Å². The third-order valence-electron chi connectivity index (χ3n) is 5.54. The fraction of sp³-hybridized carbons (Fsp3) is 0.308. The molecule has 1 unspecified atom stereocenters. The number of halogens is 1.